The van der Waals surface area contributed by atoms with Gasteiger partial charge in [0, 0.05) is 41.7 Å². The fraction of sp³-hybridized carbons (Fsp3) is 0.283. The molecule has 0 atom stereocenters. The number of anilines is 2. The van der Waals surface area contributed by atoms with Gasteiger partial charge >= 0.3 is 167 Å². The molecule has 0 aromatic heterocycles. The predicted octanol–water partition coefficient (Wildman–Crippen LogP) is 5.37. The Bertz CT molecular complexity index is 2830. The molecule has 0 spiro atoms. The summed E-state index contributed by atoms with van der Waals surface area (Å²) in [5.74, 6) is 1.53. The number of carbonyl (C=O) groups excluding carboxylic acids is 1. The molecule has 0 bridgehead atoms. The van der Waals surface area contributed by atoms with Crippen molar-refractivity contribution in [3.05, 3.63) is 111 Å². The molecule has 2 aliphatic carbocycles. The first kappa shape index (κ1) is 45.4. The van der Waals surface area contributed by atoms with Crippen LogP contribution in [0.15, 0.2) is 109 Å². The molecular weight excluding hydrogens is 1000 g/mol. The van der Waals surface area contributed by atoms with E-state index in [0.717, 1.165) is 51.9 Å². The van der Waals surface area contributed by atoms with E-state index in [-0.39, 0.29) is 45.4 Å². The average Bonchev–Trinajstić information content (AvgIpc) is 3.27. The van der Waals surface area contributed by atoms with Gasteiger partial charge in [0.1, 0.15) is 23.6 Å². The quantitative estimate of drug-likeness (QED) is 0.0268. The van der Waals surface area contributed by atoms with E-state index in [1.807, 2.05) is 83.3 Å². The van der Waals surface area contributed by atoms with Crippen LogP contribution in [0.4, 0.5) is 11.4 Å². The first-order valence-electron chi connectivity index (χ1n) is 19.4. The molecule has 61 heavy (non-hydrogen) atoms. The molecule has 0 radical (unpaired) electrons. The summed E-state index contributed by atoms with van der Waals surface area (Å²) in [6.07, 6.45) is 0. The topological polar surface area (TPSA) is 149 Å². The second kappa shape index (κ2) is 21.1. The Balaban J connectivity index is 0.000000202. The van der Waals surface area contributed by atoms with Crippen molar-refractivity contribution in [1.82, 2.24) is 15.3 Å². The van der Waals surface area contributed by atoms with Crippen molar-refractivity contribution in [3.63, 3.8) is 0 Å². The van der Waals surface area contributed by atoms with Gasteiger partial charge < -0.3 is 19.4 Å². The van der Waals surface area contributed by atoms with Crippen molar-refractivity contribution in [1.29, 1.82) is 0 Å². The van der Waals surface area contributed by atoms with Gasteiger partial charge in [-0.25, -0.2) is 4.98 Å². The summed E-state index contributed by atoms with van der Waals surface area (Å²) in [6.45, 7) is 7.67. The van der Waals surface area contributed by atoms with Crippen LogP contribution >= 0.6 is 22.6 Å². The fourth-order valence-electron chi connectivity index (χ4n) is 6.82. The SMILES string of the molecule is C.CCN(CC)c1ccc2nc3c4cc(OCCNC(=O)CI)ccc4c(=O)cc-3oc2c1.COOC[I-]CCN(C)c1ccc2nc3c4ccccc4c(=O)cc-3oc2c1. The normalized spacial score (nSPS) is 11.2. The van der Waals surface area contributed by atoms with Gasteiger partial charge in [-0.15, -0.1) is 0 Å². The number of fused-ring (bicyclic) bond motifs is 8. The third kappa shape index (κ3) is 10.5. The molecule has 1 amide bonds. The van der Waals surface area contributed by atoms with Gasteiger partial charge in [-0.05, 0) is 44.2 Å². The van der Waals surface area contributed by atoms with Gasteiger partial charge in [0.15, 0.2) is 16.8 Å². The van der Waals surface area contributed by atoms with E-state index in [1.54, 1.807) is 18.2 Å². The molecule has 320 valence electrons. The first-order chi connectivity index (χ1) is 29.2. The molecular formula is C46H48I2N5O8-. The Labute approximate surface area is 377 Å². The monoisotopic (exact) mass is 1050 g/mol. The summed E-state index contributed by atoms with van der Waals surface area (Å²) in [4.78, 5) is 60.0. The molecule has 8 rings (SSSR count). The third-order valence-electron chi connectivity index (χ3n) is 9.92. The van der Waals surface area contributed by atoms with Crippen molar-refractivity contribution in [2.24, 2.45) is 0 Å². The molecule has 0 saturated heterocycles. The zero-order valence-electron chi connectivity index (χ0n) is 33.6. The molecule has 1 N–H and O–H groups in total. The number of rotatable bonds is 15. The standard InChI is InChI=1S/C24H24IN3O4.C21H20IN2O4.CH4/c1-3-28(4-2)15-5-8-19-21(11-15)32-22-13-20(29)17-7-6-16(12-18(17)24(22)27-19)31-10-9-26-23(30)14-25;1-24(10-9-22-13-27-26-2)14-7-8-17-19(11-14)28-20-12-18(25)15-5-3-4-6-16(15)21(20)23-17;/h5-8,11-13H,3-4,9-10,14H2,1-2H3,(H,26,30);3-8,11-12H,9-10,13H2,1-2H3;1H4/q;-1;. The maximum absolute atomic E-state index is 12.7. The molecule has 13 nitrogen and oxygen atoms in total. The minimum atomic E-state index is -0.127. The van der Waals surface area contributed by atoms with Crippen molar-refractivity contribution in [2.45, 2.75) is 21.3 Å². The summed E-state index contributed by atoms with van der Waals surface area (Å²) in [5, 5.41) is 5.49. The van der Waals surface area contributed by atoms with Crippen LogP contribution < -0.4 is 51.9 Å². The van der Waals surface area contributed by atoms with Gasteiger partial charge in [-0.2, -0.15) is 0 Å². The molecule has 2 aliphatic heterocycles. The first-order valence-corrected chi connectivity index (χ1v) is 24.0. The second-order valence-corrected chi connectivity index (χ2v) is 17.2. The predicted molar refractivity (Wildman–Crippen MR) is 248 cm³/mol. The second-order valence-electron chi connectivity index (χ2n) is 13.6. The van der Waals surface area contributed by atoms with Crippen LogP contribution in [-0.2, 0) is 14.6 Å². The van der Waals surface area contributed by atoms with E-state index < -0.39 is 0 Å². The van der Waals surface area contributed by atoms with Crippen LogP contribution in [0.2, 0.25) is 0 Å². The van der Waals surface area contributed by atoms with Crippen LogP contribution in [0.5, 0.6) is 5.75 Å². The Morgan fingerprint density at radius 3 is 2.03 bits per heavy atom. The number of hydrogen-bond donors (Lipinski definition) is 1. The molecule has 15 heteroatoms. The van der Waals surface area contributed by atoms with Gasteiger partial charge in [-0.1, -0.05) is 36.1 Å². The van der Waals surface area contributed by atoms with E-state index in [1.165, 1.54) is 19.2 Å². The number of amides is 1. The Kier molecular flexibility index (Phi) is 15.7. The van der Waals surface area contributed by atoms with Gasteiger partial charge in [0.05, 0.1) is 11.0 Å². The summed E-state index contributed by atoms with van der Waals surface area (Å²) < 4.78 is 20.1. The zero-order chi connectivity index (χ0) is 42.2. The Morgan fingerprint density at radius 2 is 1.39 bits per heavy atom. The number of ether oxygens (including phenoxy) is 1. The van der Waals surface area contributed by atoms with E-state index in [2.05, 4.69) is 40.9 Å². The van der Waals surface area contributed by atoms with Crippen LogP contribution in [0.25, 0.3) is 66.7 Å². The molecule has 0 saturated carbocycles. The Hall–Kier alpha value is -5.11. The summed E-state index contributed by atoms with van der Waals surface area (Å²) in [7, 11) is 3.59. The number of carbonyl (C=O) groups is 1. The van der Waals surface area contributed by atoms with E-state index >= 15 is 0 Å². The minimum absolute atomic E-state index is 0. The molecule has 0 unspecified atom stereocenters. The molecule has 0 fully saturated rings. The van der Waals surface area contributed by atoms with Crippen LogP contribution in [0.1, 0.15) is 21.3 Å². The van der Waals surface area contributed by atoms with Crippen molar-refractivity contribution >= 4 is 83.6 Å². The number of nitrogens with zero attached hydrogens (tertiary/aromatic N) is 4. The maximum atomic E-state index is 12.7. The number of benzene rings is 6. The zero-order valence-corrected chi connectivity index (χ0v) is 37.9. The van der Waals surface area contributed by atoms with Gasteiger partial charge in [0.2, 0.25) is 5.91 Å². The van der Waals surface area contributed by atoms with Crippen molar-refractivity contribution in [2.75, 3.05) is 70.2 Å². The van der Waals surface area contributed by atoms with Crippen LogP contribution in [0.3, 0.4) is 0 Å². The Morgan fingerprint density at radius 1 is 0.787 bits per heavy atom. The van der Waals surface area contributed by atoms with Crippen LogP contribution in [0, 0.1) is 0 Å². The van der Waals surface area contributed by atoms with Crippen LogP contribution in [-0.4, -0.2) is 76.3 Å². The molecule has 4 aromatic carbocycles. The number of alkyl halides is 3. The third-order valence-corrected chi connectivity index (χ3v) is 12.6. The number of hydrogen-bond acceptors (Lipinski definition) is 12. The summed E-state index contributed by atoms with van der Waals surface area (Å²) in [6, 6.07) is 27.8. The molecule has 2 heterocycles. The van der Waals surface area contributed by atoms with Gasteiger partial charge in [0.25, 0.3) is 0 Å². The van der Waals surface area contributed by atoms with E-state index in [4.69, 9.17) is 28.4 Å². The summed E-state index contributed by atoms with van der Waals surface area (Å²) >= 11 is 1.96. The van der Waals surface area contributed by atoms with Gasteiger partial charge in [-0.3, -0.25) is 9.59 Å². The fourth-order valence-corrected chi connectivity index (χ4v) is 8.90. The number of aromatic nitrogens is 2. The molecule has 4 aromatic rings. The average molecular weight is 1050 g/mol. The molecule has 4 aliphatic rings. The number of nitrogens with one attached hydrogen (secondary N) is 1. The van der Waals surface area contributed by atoms with E-state index in [0.29, 0.717) is 78.2 Å². The number of halogens is 2. The summed E-state index contributed by atoms with van der Waals surface area (Å²) in [5.41, 5.74) is 6.07. The van der Waals surface area contributed by atoms with Crippen molar-refractivity contribution < 1.29 is 49.3 Å². The van der Waals surface area contributed by atoms with E-state index in [9.17, 15) is 14.4 Å². The van der Waals surface area contributed by atoms with Crippen molar-refractivity contribution in [3.8, 4) is 28.7 Å².